The number of ketones is 2. The molecule has 2 aromatic carbocycles. The van der Waals surface area contributed by atoms with E-state index in [9.17, 15) is 14.0 Å². The molecule has 128 valence electrons. The van der Waals surface area contributed by atoms with Crippen molar-refractivity contribution >= 4 is 11.6 Å². The van der Waals surface area contributed by atoms with Crippen molar-refractivity contribution < 1.29 is 23.5 Å². The Balaban J connectivity index is 2.04. The van der Waals surface area contributed by atoms with Crippen LogP contribution in [0.4, 0.5) is 4.39 Å². The first-order valence-electron chi connectivity index (χ1n) is 7.76. The number of hydrogen-bond donors (Lipinski definition) is 0. The van der Waals surface area contributed by atoms with Gasteiger partial charge in [0.1, 0.15) is 17.3 Å². The number of rotatable bonds is 4. The molecule has 0 aromatic heterocycles. The summed E-state index contributed by atoms with van der Waals surface area (Å²) in [5.74, 6) is 0.0667. The van der Waals surface area contributed by atoms with Gasteiger partial charge in [0.15, 0.2) is 11.6 Å². The number of allylic oxidation sites excluding steroid dienone is 2. The molecule has 1 aliphatic carbocycles. The minimum Gasteiger partial charge on any atom is -0.497 e. The van der Waals surface area contributed by atoms with Crippen LogP contribution in [0.1, 0.15) is 33.2 Å². The van der Waals surface area contributed by atoms with Gasteiger partial charge in [-0.2, -0.15) is 0 Å². The summed E-state index contributed by atoms with van der Waals surface area (Å²) in [6, 6.07) is 8.93. The van der Waals surface area contributed by atoms with Gasteiger partial charge in [0, 0.05) is 34.8 Å². The van der Waals surface area contributed by atoms with Crippen molar-refractivity contribution in [3.63, 3.8) is 0 Å². The van der Waals surface area contributed by atoms with Crippen LogP contribution < -0.4 is 9.47 Å². The second kappa shape index (κ2) is 6.51. The van der Waals surface area contributed by atoms with Crippen molar-refractivity contribution in [1.82, 2.24) is 0 Å². The molecule has 5 heteroatoms. The number of ether oxygens (including phenoxy) is 2. The quantitative estimate of drug-likeness (QED) is 0.850. The van der Waals surface area contributed by atoms with Gasteiger partial charge in [-0.05, 0) is 36.8 Å². The Kier molecular flexibility index (Phi) is 4.40. The molecule has 0 saturated heterocycles. The van der Waals surface area contributed by atoms with Crippen LogP contribution >= 0.6 is 0 Å². The molecule has 0 unspecified atom stereocenters. The third kappa shape index (κ3) is 2.93. The minimum absolute atomic E-state index is 0.109. The summed E-state index contributed by atoms with van der Waals surface area (Å²) in [4.78, 5) is 25.4. The lowest BCUT2D eigenvalue weighted by Crippen LogP contribution is -2.22. The third-order valence-electron chi connectivity index (χ3n) is 4.40. The lowest BCUT2D eigenvalue weighted by atomic mass is 9.82. The first-order valence-corrected chi connectivity index (χ1v) is 7.76. The van der Waals surface area contributed by atoms with Crippen LogP contribution in [0.25, 0.3) is 0 Å². The molecule has 4 nitrogen and oxygen atoms in total. The van der Waals surface area contributed by atoms with Crippen LogP contribution in [-0.4, -0.2) is 25.8 Å². The number of benzene rings is 2. The molecular weight excluding hydrogens is 323 g/mol. The standard InChI is InChI=1S/C20H17FO4/c1-11-16(8-12-4-6-14(24-2)10-18(12)25-3)20(23)17-9-13(21)5-7-15(17)19(11)22/h4-7,9-10H,8H2,1-3H3. The molecule has 0 atom stereocenters. The van der Waals surface area contributed by atoms with E-state index in [0.29, 0.717) is 22.6 Å². The molecule has 0 fully saturated rings. The van der Waals surface area contributed by atoms with Gasteiger partial charge in [0.05, 0.1) is 14.2 Å². The molecule has 0 radical (unpaired) electrons. The maximum absolute atomic E-state index is 13.5. The average molecular weight is 340 g/mol. The normalized spacial score (nSPS) is 13.8. The van der Waals surface area contributed by atoms with E-state index in [2.05, 4.69) is 0 Å². The van der Waals surface area contributed by atoms with Gasteiger partial charge in [-0.1, -0.05) is 6.07 Å². The largest absolute Gasteiger partial charge is 0.497 e. The van der Waals surface area contributed by atoms with Crippen molar-refractivity contribution in [2.75, 3.05) is 14.2 Å². The second-order valence-corrected chi connectivity index (χ2v) is 5.81. The number of halogens is 1. The number of carbonyl (C=O) groups is 2. The first-order chi connectivity index (χ1) is 12.0. The Labute approximate surface area is 144 Å². The second-order valence-electron chi connectivity index (χ2n) is 5.81. The monoisotopic (exact) mass is 340 g/mol. The smallest absolute Gasteiger partial charge is 0.190 e. The number of carbonyl (C=O) groups excluding carboxylic acids is 2. The van der Waals surface area contributed by atoms with Gasteiger partial charge < -0.3 is 9.47 Å². The predicted octanol–water partition coefficient (Wildman–Crippen LogP) is 3.78. The minimum atomic E-state index is -0.541. The highest BCUT2D eigenvalue weighted by Crippen LogP contribution is 2.32. The number of Topliss-reactive ketones (excluding diaryl/α,β-unsaturated/α-hetero) is 2. The summed E-state index contributed by atoms with van der Waals surface area (Å²) in [7, 11) is 3.08. The number of fused-ring (bicyclic) bond motifs is 1. The summed E-state index contributed by atoms with van der Waals surface area (Å²) >= 11 is 0. The summed E-state index contributed by atoms with van der Waals surface area (Å²) in [6.45, 7) is 1.62. The van der Waals surface area contributed by atoms with E-state index in [1.54, 1.807) is 32.2 Å². The maximum Gasteiger partial charge on any atom is 0.190 e. The van der Waals surface area contributed by atoms with Gasteiger partial charge in [-0.3, -0.25) is 9.59 Å². The lowest BCUT2D eigenvalue weighted by Gasteiger charge is -2.20. The van der Waals surface area contributed by atoms with E-state index in [0.717, 1.165) is 11.6 Å². The molecule has 2 aromatic rings. The van der Waals surface area contributed by atoms with Crippen molar-refractivity contribution in [3.05, 3.63) is 70.1 Å². The fourth-order valence-corrected chi connectivity index (χ4v) is 2.98. The van der Waals surface area contributed by atoms with Crippen LogP contribution in [0.15, 0.2) is 47.5 Å². The molecule has 25 heavy (non-hydrogen) atoms. The zero-order valence-corrected chi connectivity index (χ0v) is 14.2. The number of methoxy groups -OCH3 is 2. The SMILES string of the molecule is COc1ccc(CC2=C(C)C(=O)c3ccc(F)cc3C2=O)c(OC)c1. The van der Waals surface area contributed by atoms with E-state index in [-0.39, 0.29) is 29.1 Å². The summed E-state index contributed by atoms with van der Waals surface area (Å²) in [5, 5.41) is 0. The van der Waals surface area contributed by atoms with Crippen molar-refractivity contribution in [2.45, 2.75) is 13.3 Å². The van der Waals surface area contributed by atoms with E-state index in [1.807, 2.05) is 0 Å². The van der Waals surface area contributed by atoms with Crippen LogP contribution in [0.2, 0.25) is 0 Å². The molecule has 0 heterocycles. The predicted molar refractivity (Wildman–Crippen MR) is 91.0 cm³/mol. The Morgan fingerprint density at radius 2 is 1.68 bits per heavy atom. The fourth-order valence-electron chi connectivity index (χ4n) is 2.98. The Bertz CT molecular complexity index is 912. The van der Waals surface area contributed by atoms with Gasteiger partial charge in [0.25, 0.3) is 0 Å². The van der Waals surface area contributed by atoms with Gasteiger partial charge in [-0.25, -0.2) is 4.39 Å². The van der Waals surface area contributed by atoms with Crippen LogP contribution in [-0.2, 0) is 6.42 Å². The van der Waals surface area contributed by atoms with E-state index in [4.69, 9.17) is 9.47 Å². The van der Waals surface area contributed by atoms with Gasteiger partial charge in [0.2, 0.25) is 0 Å². The molecule has 0 bridgehead atoms. The molecule has 3 rings (SSSR count). The van der Waals surface area contributed by atoms with Crippen molar-refractivity contribution in [2.24, 2.45) is 0 Å². The van der Waals surface area contributed by atoms with E-state index < -0.39 is 5.82 Å². The summed E-state index contributed by atoms with van der Waals surface area (Å²) in [5.41, 5.74) is 1.83. The molecule has 0 saturated carbocycles. The third-order valence-corrected chi connectivity index (χ3v) is 4.40. The topological polar surface area (TPSA) is 52.6 Å². The van der Waals surface area contributed by atoms with Crippen LogP contribution in [0.3, 0.4) is 0 Å². The van der Waals surface area contributed by atoms with Crippen molar-refractivity contribution in [1.29, 1.82) is 0 Å². The van der Waals surface area contributed by atoms with Crippen LogP contribution in [0, 0.1) is 5.82 Å². The van der Waals surface area contributed by atoms with Crippen molar-refractivity contribution in [3.8, 4) is 11.5 Å². The molecule has 0 N–H and O–H groups in total. The number of hydrogen-bond acceptors (Lipinski definition) is 4. The van der Waals surface area contributed by atoms with Gasteiger partial charge in [-0.15, -0.1) is 0 Å². The zero-order chi connectivity index (χ0) is 18.1. The van der Waals surface area contributed by atoms with Crippen LogP contribution in [0.5, 0.6) is 11.5 Å². The van der Waals surface area contributed by atoms with E-state index in [1.165, 1.54) is 19.2 Å². The highest BCUT2D eigenvalue weighted by molar-refractivity contribution is 6.26. The molecule has 1 aliphatic rings. The zero-order valence-electron chi connectivity index (χ0n) is 14.2. The highest BCUT2D eigenvalue weighted by atomic mass is 19.1. The Morgan fingerprint density at radius 1 is 0.920 bits per heavy atom. The lowest BCUT2D eigenvalue weighted by molar-refractivity contribution is 0.0972. The molecule has 0 aliphatic heterocycles. The molecular formula is C20H17FO4. The summed E-state index contributed by atoms with van der Waals surface area (Å²) < 4.78 is 24.1. The maximum atomic E-state index is 13.5. The molecule has 0 amide bonds. The average Bonchev–Trinajstić information content (AvgIpc) is 2.63. The first kappa shape index (κ1) is 16.9. The van der Waals surface area contributed by atoms with E-state index >= 15 is 0 Å². The fraction of sp³-hybridized carbons (Fsp3) is 0.200. The Hall–Kier alpha value is -2.95. The summed E-state index contributed by atoms with van der Waals surface area (Å²) in [6.07, 6.45) is 0.222. The molecule has 0 spiro atoms. The highest BCUT2D eigenvalue weighted by Gasteiger charge is 2.30. The Morgan fingerprint density at radius 3 is 2.36 bits per heavy atom. The van der Waals surface area contributed by atoms with Gasteiger partial charge >= 0.3 is 0 Å².